The monoisotopic (exact) mass is 234 g/mol. The van der Waals surface area contributed by atoms with Gasteiger partial charge in [-0.2, -0.15) is 0 Å². The van der Waals surface area contributed by atoms with Gasteiger partial charge in [0.25, 0.3) is 5.69 Å². The molecule has 1 N–H and O–H groups in total. The summed E-state index contributed by atoms with van der Waals surface area (Å²) in [6, 6.07) is 6.64. The normalized spacial score (nSPS) is 23.6. The summed E-state index contributed by atoms with van der Waals surface area (Å²) in [4.78, 5) is 10.1. The molecule has 1 aliphatic rings. The van der Waals surface area contributed by atoms with Crippen LogP contribution < -0.4 is 5.32 Å². The van der Waals surface area contributed by atoms with Gasteiger partial charge in [-0.15, -0.1) is 0 Å². The van der Waals surface area contributed by atoms with Crippen molar-refractivity contribution in [1.82, 2.24) is 0 Å². The summed E-state index contributed by atoms with van der Waals surface area (Å²) in [5, 5.41) is 13.9. The summed E-state index contributed by atoms with van der Waals surface area (Å²) in [6.07, 6.45) is 3.95. The molecule has 0 aromatic heterocycles. The number of nitrogens with one attached hydrogen (secondary N) is 1. The van der Waals surface area contributed by atoms with Crippen LogP contribution in [0.3, 0.4) is 0 Å². The number of rotatable bonds is 4. The second-order valence-corrected chi connectivity index (χ2v) is 4.85. The molecule has 1 aliphatic carbocycles. The van der Waals surface area contributed by atoms with E-state index in [-0.39, 0.29) is 10.6 Å². The quantitative estimate of drug-likeness (QED) is 0.641. The third kappa shape index (κ3) is 2.96. The number of non-ortho nitro benzene ring substituents is 1. The van der Waals surface area contributed by atoms with E-state index in [1.165, 1.54) is 19.3 Å². The molecule has 2 atom stereocenters. The van der Waals surface area contributed by atoms with Gasteiger partial charge in [-0.3, -0.25) is 10.1 Å². The van der Waals surface area contributed by atoms with Crippen LogP contribution in [0, 0.1) is 22.0 Å². The van der Waals surface area contributed by atoms with Gasteiger partial charge in [0, 0.05) is 24.4 Å². The molecule has 1 aromatic carbocycles. The molecule has 0 amide bonds. The maximum atomic E-state index is 10.5. The molecule has 4 heteroatoms. The fraction of sp³-hybridized carbons (Fsp3) is 0.538. The minimum absolute atomic E-state index is 0.143. The SMILES string of the molecule is CC1CCCC1CNc1ccc([N+](=O)[O-])cc1. The van der Waals surface area contributed by atoms with Gasteiger partial charge >= 0.3 is 0 Å². The Morgan fingerprint density at radius 2 is 2.06 bits per heavy atom. The van der Waals surface area contributed by atoms with Crippen LogP contribution in [0.4, 0.5) is 11.4 Å². The molecule has 2 rings (SSSR count). The lowest BCUT2D eigenvalue weighted by atomic mass is 9.98. The van der Waals surface area contributed by atoms with Crippen molar-refractivity contribution < 1.29 is 4.92 Å². The Bertz CT molecular complexity index is 389. The predicted molar refractivity (Wildman–Crippen MR) is 68.1 cm³/mol. The number of nitro groups is 1. The first-order chi connectivity index (χ1) is 8.16. The highest BCUT2D eigenvalue weighted by Crippen LogP contribution is 2.31. The average molecular weight is 234 g/mol. The average Bonchev–Trinajstić information content (AvgIpc) is 2.73. The lowest BCUT2D eigenvalue weighted by molar-refractivity contribution is -0.384. The molecule has 0 aliphatic heterocycles. The highest BCUT2D eigenvalue weighted by Gasteiger charge is 2.22. The molecule has 17 heavy (non-hydrogen) atoms. The number of hydrogen-bond acceptors (Lipinski definition) is 3. The number of anilines is 1. The molecular weight excluding hydrogens is 216 g/mol. The van der Waals surface area contributed by atoms with Crippen LogP contribution in [0.5, 0.6) is 0 Å². The third-order valence-corrected chi connectivity index (χ3v) is 3.69. The fourth-order valence-electron chi connectivity index (χ4n) is 2.48. The molecule has 4 nitrogen and oxygen atoms in total. The van der Waals surface area contributed by atoms with E-state index in [2.05, 4.69) is 12.2 Å². The first kappa shape index (κ1) is 11.9. The summed E-state index contributed by atoms with van der Waals surface area (Å²) in [5.41, 5.74) is 1.11. The zero-order valence-electron chi connectivity index (χ0n) is 10.1. The minimum atomic E-state index is -0.372. The molecule has 0 saturated heterocycles. The Labute approximate surface area is 101 Å². The van der Waals surface area contributed by atoms with Crippen molar-refractivity contribution in [3.63, 3.8) is 0 Å². The van der Waals surface area contributed by atoms with Gasteiger partial charge in [-0.25, -0.2) is 0 Å². The van der Waals surface area contributed by atoms with Gasteiger partial charge in [-0.1, -0.05) is 19.8 Å². The van der Waals surface area contributed by atoms with Crippen LogP contribution in [0.1, 0.15) is 26.2 Å². The van der Waals surface area contributed by atoms with E-state index in [1.54, 1.807) is 24.3 Å². The molecule has 92 valence electrons. The lowest BCUT2D eigenvalue weighted by Gasteiger charge is -2.16. The number of benzene rings is 1. The molecule has 0 heterocycles. The van der Waals surface area contributed by atoms with Crippen LogP contribution in [0.15, 0.2) is 24.3 Å². The highest BCUT2D eigenvalue weighted by molar-refractivity contribution is 5.48. The van der Waals surface area contributed by atoms with Crippen LogP contribution in [-0.2, 0) is 0 Å². The van der Waals surface area contributed by atoms with E-state index in [9.17, 15) is 10.1 Å². The van der Waals surface area contributed by atoms with Crippen LogP contribution in [-0.4, -0.2) is 11.5 Å². The molecule has 0 radical (unpaired) electrons. The zero-order valence-corrected chi connectivity index (χ0v) is 10.1. The Kier molecular flexibility index (Phi) is 3.61. The Morgan fingerprint density at radius 1 is 1.35 bits per heavy atom. The number of nitro benzene ring substituents is 1. The predicted octanol–water partition coefficient (Wildman–Crippen LogP) is 3.44. The van der Waals surface area contributed by atoms with E-state index in [0.717, 1.165) is 24.1 Å². The molecule has 1 fully saturated rings. The van der Waals surface area contributed by atoms with Gasteiger partial charge in [-0.05, 0) is 30.4 Å². The van der Waals surface area contributed by atoms with Crippen LogP contribution >= 0.6 is 0 Å². The topological polar surface area (TPSA) is 55.2 Å². The minimum Gasteiger partial charge on any atom is -0.385 e. The highest BCUT2D eigenvalue weighted by atomic mass is 16.6. The second-order valence-electron chi connectivity index (χ2n) is 4.85. The van der Waals surface area contributed by atoms with E-state index >= 15 is 0 Å². The number of nitrogens with zero attached hydrogens (tertiary/aromatic N) is 1. The molecule has 0 bridgehead atoms. The standard InChI is InChI=1S/C13H18N2O2/c1-10-3-2-4-11(10)9-14-12-5-7-13(8-6-12)15(16)17/h5-8,10-11,14H,2-4,9H2,1H3. The smallest absolute Gasteiger partial charge is 0.269 e. The molecule has 1 aromatic rings. The Hall–Kier alpha value is -1.58. The summed E-state index contributed by atoms with van der Waals surface area (Å²) >= 11 is 0. The first-order valence-corrected chi connectivity index (χ1v) is 6.15. The van der Waals surface area contributed by atoms with Gasteiger partial charge in [0.2, 0.25) is 0 Å². The van der Waals surface area contributed by atoms with Crippen molar-refractivity contribution in [1.29, 1.82) is 0 Å². The van der Waals surface area contributed by atoms with Crippen LogP contribution in [0.25, 0.3) is 0 Å². The number of hydrogen-bond donors (Lipinski definition) is 1. The van der Waals surface area contributed by atoms with Gasteiger partial charge < -0.3 is 5.32 Å². The van der Waals surface area contributed by atoms with Crippen molar-refractivity contribution in [3.05, 3.63) is 34.4 Å². The maximum absolute atomic E-state index is 10.5. The molecule has 1 saturated carbocycles. The van der Waals surface area contributed by atoms with Crippen molar-refractivity contribution in [3.8, 4) is 0 Å². The van der Waals surface area contributed by atoms with E-state index in [0.29, 0.717) is 0 Å². The van der Waals surface area contributed by atoms with Gasteiger partial charge in [0.1, 0.15) is 0 Å². The van der Waals surface area contributed by atoms with E-state index in [4.69, 9.17) is 0 Å². The van der Waals surface area contributed by atoms with E-state index < -0.39 is 0 Å². The van der Waals surface area contributed by atoms with Gasteiger partial charge in [0.05, 0.1) is 4.92 Å². The van der Waals surface area contributed by atoms with Crippen molar-refractivity contribution >= 4 is 11.4 Å². The largest absolute Gasteiger partial charge is 0.385 e. The molecular formula is C13H18N2O2. The molecule has 2 unspecified atom stereocenters. The van der Waals surface area contributed by atoms with Crippen LogP contribution in [0.2, 0.25) is 0 Å². The lowest BCUT2D eigenvalue weighted by Crippen LogP contribution is -2.16. The Balaban J connectivity index is 1.88. The van der Waals surface area contributed by atoms with Crippen molar-refractivity contribution in [2.24, 2.45) is 11.8 Å². The summed E-state index contributed by atoms with van der Waals surface area (Å²) in [7, 11) is 0. The zero-order chi connectivity index (χ0) is 12.3. The fourth-order valence-corrected chi connectivity index (χ4v) is 2.48. The maximum Gasteiger partial charge on any atom is 0.269 e. The molecule has 0 spiro atoms. The summed E-state index contributed by atoms with van der Waals surface area (Å²) in [5.74, 6) is 1.53. The summed E-state index contributed by atoms with van der Waals surface area (Å²) in [6.45, 7) is 3.27. The van der Waals surface area contributed by atoms with E-state index in [1.807, 2.05) is 0 Å². The van der Waals surface area contributed by atoms with Crippen molar-refractivity contribution in [2.75, 3.05) is 11.9 Å². The summed E-state index contributed by atoms with van der Waals surface area (Å²) < 4.78 is 0. The third-order valence-electron chi connectivity index (χ3n) is 3.69. The van der Waals surface area contributed by atoms with Gasteiger partial charge in [0.15, 0.2) is 0 Å². The Morgan fingerprint density at radius 3 is 2.59 bits per heavy atom. The second kappa shape index (κ2) is 5.17. The first-order valence-electron chi connectivity index (χ1n) is 6.15. The van der Waals surface area contributed by atoms with Crippen molar-refractivity contribution in [2.45, 2.75) is 26.2 Å².